The Hall–Kier alpha value is -3.62. The van der Waals surface area contributed by atoms with Gasteiger partial charge in [-0.15, -0.1) is 0 Å². The van der Waals surface area contributed by atoms with Gasteiger partial charge in [-0.3, -0.25) is 29.6 Å². The summed E-state index contributed by atoms with van der Waals surface area (Å²) in [7, 11) is 1.79. The smallest absolute Gasteiger partial charge is 0.269 e. The molecule has 5 rings (SSSR count). The number of rotatable bonds is 4. The molecule has 9 heteroatoms. The Morgan fingerprint density at radius 1 is 1.24 bits per heavy atom. The molecule has 0 radical (unpaired) electrons. The zero-order valence-electron chi connectivity index (χ0n) is 17.6. The van der Waals surface area contributed by atoms with Gasteiger partial charge in [0.2, 0.25) is 5.91 Å². The van der Waals surface area contributed by atoms with Gasteiger partial charge in [0.25, 0.3) is 5.69 Å². The summed E-state index contributed by atoms with van der Waals surface area (Å²) in [5, 5.41) is 14.8. The number of ketones is 1. The fraction of sp³-hybridized carbons (Fsp3) is 0.208. The van der Waals surface area contributed by atoms with Gasteiger partial charge in [-0.2, -0.15) is 0 Å². The third kappa shape index (κ3) is 3.13. The minimum absolute atomic E-state index is 0.0667. The van der Waals surface area contributed by atoms with Crippen molar-refractivity contribution in [2.24, 2.45) is 5.92 Å². The van der Waals surface area contributed by atoms with Gasteiger partial charge in [-0.1, -0.05) is 23.7 Å². The minimum atomic E-state index is -1.32. The van der Waals surface area contributed by atoms with Crippen LogP contribution in [-0.4, -0.2) is 40.1 Å². The van der Waals surface area contributed by atoms with Crippen molar-refractivity contribution in [3.63, 3.8) is 0 Å². The van der Waals surface area contributed by atoms with E-state index in [0.29, 0.717) is 33.9 Å². The van der Waals surface area contributed by atoms with E-state index in [-0.39, 0.29) is 17.4 Å². The number of nitrogens with zero attached hydrogens (tertiary/aromatic N) is 3. The maximum atomic E-state index is 14.0. The molecule has 166 valence electrons. The largest absolute Gasteiger partial charge is 0.324 e. The summed E-state index contributed by atoms with van der Waals surface area (Å²) in [5.41, 5.74) is 0.831. The molecule has 3 atom stereocenters. The molecule has 1 amide bonds. The highest BCUT2D eigenvalue weighted by Crippen LogP contribution is 2.56. The fourth-order valence-electron chi connectivity index (χ4n) is 5.27. The number of likely N-dealkylation sites (N-methyl/N-ethyl adjacent to an activating group) is 1. The zero-order valence-corrected chi connectivity index (χ0v) is 18.3. The molecule has 1 spiro atoms. The van der Waals surface area contributed by atoms with Gasteiger partial charge in [0.1, 0.15) is 5.54 Å². The number of halogens is 1. The Balaban J connectivity index is 1.74. The molecule has 0 unspecified atom stereocenters. The topological polar surface area (TPSA) is 105 Å². The number of pyridine rings is 1. The molecule has 1 aromatic heterocycles. The van der Waals surface area contributed by atoms with E-state index in [4.69, 9.17) is 11.6 Å². The second-order valence-corrected chi connectivity index (χ2v) is 8.77. The third-order valence-electron chi connectivity index (χ3n) is 6.65. The van der Waals surface area contributed by atoms with Crippen molar-refractivity contribution in [3.05, 3.63) is 98.8 Å². The van der Waals surface area contributed by atoms with E-state index >= 15 is 0 Å². The zero-order chi connectivity index (χ0) is 23.3. The summed E-state index contributed by atoms with van der Waals surface area (Å²) >= 11 is 6.31. The molecule has 1 saturated heterocycles. The molecule has 0 saturated carbocycles. The summed E-state index contributed by atoms with van der Waals surface area (Å²) in [6, 6.07) is 14.7. The number of anilines is 1. The van der Waals surface area contributed by atoms with Gasteiger partial charge >= 0.3 is 0 Å². The number of benzene rings is 2. The van der Waals surface area contributed by atoms with Crippen LogP contribution in [0.3, 0.4) is 0 Å². The Labute approximate surface area is 194 Å². The highest BCUT2D eigenvalue weighted by molar-refractivity contribution is 6.31. The summed E-state index contributed by atoms with van der Waals surface area (Å²) < 4.78 is 0. The minimum Gasteiger partial charge on any atom is -0.324 e. The van der Waals surface area contributed by atoms with E-state index in [9.17, 15) is 19.7 Å². The number of hydrogen-bond acceptors (Lipinski definition) is 6. The molecule has 0 aliphatic carbocycles. The third-order valence-corrected chi connectivity index (χ3v) is 6.88. The second kappa shape index (κ2) is 7.75. The molecular weight excluding hydrogens is 444 g/mol. The number of carbonyl (C=O) groups excluding carboxylic acids is 2. The van der Waals surface area contributed by atoms with Gasteiger partial charge in [0.05, 0.1) is 10.8 Å². The number of nitro benzene ring substituents is 1. The van der Waals surface area contributed by atoms with Gasteiger partial charge in [-0.05, 0) is 42.9 Å². The number of carbonyl (C=O) groups is 2. The Morgan fingerprint density at radius 3 is 2.79 bits per heavy atom. The van der Waals surface area contributed by atoms with E-state index in [0.717, 1.165) is 0 Å². The van der Waals surface area contributed by atoms with Crippen LogP contribution in [0.2, 0.25) is 5.02 Å². The molecule has 8 nitrogen and oxygen atoms in total. The first kappa shape index (κ1) is 21.2. The predicted molar refractivity (Wildman–Crippen MR) is 122 cm³/mol. The van der Waals surface area contributed by atoms with E-state index in [1.807, 2.05) is 4.90 Å². The van der Waals surface area contributed by atoms with Crippen molar-refractivity contribution in [1.29, 1.82) is 0 Å². The van der Waals surface area contributed by atoms with Crippen molar-refractivity contribution in [2.75, 3.05) is 18.9 Å². The Kier molecular flexibility index (Phi) is 4.99. The van der Waals surface area contributed by atoms with Crippen molar-refractivity contribution in [1.82, 2.24) is 9.88 Å². The van der Waals surface area contributed by atoms with E-state index < -0.39 is 22.3 Å². The van der Waals surface area contributed by atoms with Crippen molar-refractivity contribution in [2.45, 2.75) is 11.5 Å². The first-order valence-electron chi connectivity index (χ1n) is 10.4. The normalized spacial score (nSPS) is 24.0. The van der Waals surface area contributed by atoms with Crippen LogP contribution in [-0.2, 0) is 10.3 Å². The molecule has 33 heavy (non-hydrogen) atoms. The maximum Gasteiger partial charge on any atom is 0.269 e. The number of nitrogens with one attached hydrogen (secondary N) is 1. The number of likely N-dealkylation sites (tertiary alicyclic amines) is 1. The molecular formula is C24H19ClN4O4. The van der Waals surface area contributed by atoms with Crippen LogP contribution < -0.4 is 5.32 Å². The molecule has 2 aliphatic heterocycles. The van der Waals surface area contributed by atoms with Crippen LogP contribution in [0.1, 0.15) is 27.4 Å². The van der Waals surface area contributed by atoms with Crippen molar-refractivity contribution < 1.29 is 14.5 Å². The lowest BCUT2D eigenvalue weighted by molar-refractivity contribution is -0.384. The number of Topliss-reactive ketones (excluding diaryl/α,β-unsaturated/α-hetero) is 1. The molecule has 2 aliphatic rings. The monoisotopic (exact) mass is 462 g/mol. The predicted octanol–water partition coefficient (Wildman–Crippen LogP) is 4.02. The lowest BCUT2D eigenvalue weighted by atomic mass is 9.70. The van der Waals surface area contributed by atoms with Crippen LogP contribution in [0.15, 0.2) is 67.0 Å². The summed E-state index contributed by atoms with van der Waals surface area (Å²) in [5.74, 6) is -1.91. The van der Waals surface area contributed by atoms with Crippen LogP contribution >= 0.6 is 11.6 Å². The highest BCUT2D eigenvalue weighted by atomic mass is 35.5. The fourth-order valence-corrected chi connectivity index (χ4v) is 5.44. The van der Waals surface area contributed by atoms with E-state index in [2.05, 4.69) is 10.3 Å². The maximum absolute atomic E-state index is 14.0. The molecule has 0 bridgehead atoms. The SMILES string of the molecule is CN1C[C@H](c2cccc([N+](=O)[O-])c2)[C@@H](C(=O)c2cccnc2)[C@@]12C(=O)Nc1ccc(Cl)cc12. The Morgan fingerprint density at radius 2 is 2.06 bits per heavy atom. The molecule has 3 heterocycles. The van der Waals surface area contributed by atoms with Crippen LogP contribution in [0.4, 0.5) is 11.4 Å². The van der Waals surface area contributed by atoms with Crippen molar-refractivity contribution in [3.8, 4) is 0 Å². The van der Waals surface area contributed by atoms with Gasteiger partial charge in [-0.25, -0.2) is 0 Å². The number of fused-ring (bicyclic) bond motifs is 2. The average Bonchev–Trinajstić information content (AvgIpc) is 3.29. The highest BCUT2D eigenvalue weighted by Gasteiger charge is 2.64. The van der Waals surface area contributed by atoms with Gasteiger partial charge < -0.3 is 5.32 Å². The summed E-state index contributed by atoms with van der Waals surface area (Å²) in [4.78, 5) is 44.5. The number of nitro groups is 1. The summed E-state index contributed by atoms with van der Waals surface area (Å²) in [6.45, 7) is 0.344. The van der Waals surface area contributed by atoms with Crippen LogP contribution in [0, 0.1) is 16.0 Å². The Bertz CT molecular complexity index is 1300. The first-order valence-corrected chi connectivity index (χ1v) is 10.7. The first-order chi connectivity index (χ1) is 15.8. The lowest BCUT2D eigenvalue weighted by Crippen LogP contribution is -2.51. The molecule has 2 aromatic carbocycles. The number of hydrogen-bond donors (Lipinski definition) is 1. The second-order valence-electron chi connectivity index (χ2n) is 8.33. The summed E-state index contributed by atoms with van der Waals surface area (Å²) in [6.07, 6.45) is 3.05. The van der Waals surface area contributed by atoms with E-state index in [1.54, 1.807) is 55.7 Å². The average molecular weight is 463 g/mol. The molecule has 1 N–H and O–H groups in total. The van der Waals surface area contributed by atoms with Crippen molar-refractivity contribution >= 4 is 34.7 Å². The molecule has 1 fully saturated rings. The number of amides is 1. The van der Waals surface area contributed by atoms with Gasteiger partial charge in [0.15, 0.2) is 5.78 Å². The van der Waals surface area contributed by atoms with Gasteiger partial charge in [0, 0.05) is 58.8 Å². The van der Waals surface area contributed by atoms with Crippen LogP contribution in [0.5, 0.6) is 0 Å². The van der Waals surface area contributed by atoms with E-state index in [1.165, 1.54) is 18.3 Å². The number of aromatic nitrogens is 1. The van der Waals surface area contributed by atoms with Crippen LogP contribution in [0.25, 0.3) is 0 Å². The number of non-ortho nitro benzene ring substituents is 1. The standard InChI is InChI=1S/C24H19ClN4O4/c1-28-13-18(14-4-2-6-17(10-14)29(32)33)21(22(30)15-5-3-9-26-12-15)24(28)19-11-16(25)7-8-20(19)27-23(24)31/h2-12,18,21H,13H2,1H3,(H,27,31)/t18-,21+,24+/m1/s1. The lowest BCUT2D eigenvalue weighted by Gasteiger charge is -2.35. The molecule has 3 aromatic rings. The quantitative estimate of drug-likeness (QED) is 0.356.